The van der Waals surface area contributed by atoms with Gasteiger partial charge in [0.25, 0.3) is 5.91 Å². The lowest BCUT2D eigenvalue weighted by Crippen LogP contribution is -2.30. The zero-order valence-corrected chi connectivity index (χ0v) is 19.8. The van der Waals surface area contributed by atoms with Gasteiger partial charge in [0.05, 0.1) is 19.9 Å². The largest absolute Gasteiger partial charge is 0.497 e. The highest BCUT2D eigenvalue weighted by atomic mass is 16.5. The average Bonchev–Trinajstić information content (AvgIpc) is 2.91. The van der Waals surface area contributed by atoms with E-state index in [-0.39, 0.29) is 12.5 Å². The Labute approximate surface area is 204 Å². The zero-order chi connectivity index (χ0) is 24.2. The van der Waals surface area contributed by atoms with Crippen LogP contribution in [0.2, 0.25) is 0 Å². The fourth-order valence-electron chi connectivity index (χ4n) is 4.32. The Bertz CT molecular complexity index is 1370. The average molecular weight is 470 g/mol. The molecule has 1 aromatic heterocycles. The Balaban J connectivity index is 1.31. The second kappa shape index (κ2) is 9.93. The Morgan fingerprint density at radius 3 is 2.63 bits per heavy atom. The van der Waals surface area contributed by atoms with Crippen molar-refractivity contribution in [2.45, 2.75) is 13.0 Å². The molecule has 0 saturated heterocycles. The number of hydrogen-bond donors (Lipinski definition) is 1. The van der Waals surface area contributed by atoms with Gasteiger partial charge in [-0.3, -0.25) is 4.79 Å². The second-order valence-corrected chi connectivity index (χ2v) is 8.34. The van der Waals surface area contributed by atoms with Crippen molar-refractivity contribution in [1.82, 2.24) is 4.98 Å². The maximum Gasteiger partial charge on any atom is 0.262 e. The first-order chi connectivity index (χ1) is 17.1. The highest BCUT2D eigenvalue weighted by molar-refractivity contribution is 5.94. The minimum absolute atomic E-state index is 0.155. The molecule has 3 aromatic carbocycles. The molecule has 1 aliphatic heterocycles. The SMILES string of the molecule is COc1ccc(NC(=O)COc2cccc3ccc(N4CCc5ccccc5C4)nc23)c(OC)c1. The Hall–Kier alpha value is -4.26. The van der Waals surface area contributed by atoms with E-state index in [0.29, 0.717) is 22.9 Å². The van der Waals surface area contributed by atoms with E-state index in [1.165, 1.54) is 11.1 Å². The molecule has 0 unspecified atom stereocenters. The molecule has 1 amide bonds. The van der Waals surface area contributed by atoms with Crippen molar-refractivity contribution in [1.29, 1.82) is 0 Å². The van der Waals surface area contributed by atoms with Gasteiger partial charge in [-0.15, -0.1) is 0 Å². The number of rotatable bonds is 7. The summed E-state index contributed by atoms with van der Waals surface area (Å²) in [4.78, 5) is 19.8. The molecule has 0 saturated carbocycles. The summed E-state index contributed by atoms with van der Waals surface area (Å²) >= 11 is 0. The lowest BCUT2D eigenvalue weighted by Gasteiger charge is -2.30. The first-order valence-corrected chi connectivity index (χ1v) is 11.5. The smallest absolute Gasteiger partial charge is 0.262 e. The summed E-state index contributed by atoms with van der Waals surface area (Å²) in [7, 11) is 3.12. The van der Waals surface area contributed by atoms with E-state index >= 15 is 0 Å². The standard InChI is InChI=1S/C28H27N3O4/c1-33-22-11-12-23(25(16-22)34-2)29-27(32)18-35-24-9-5-8-20-10-13-26(30-28(20)24)31-15-14-19-6-3-4-7-21(19)17-31/h3-13,16H,14-15,17-18H2,1-2H3,(H,29,32). The summed E-state index contributed by atoms with van der Waals surface area (Å²) in [6.45, 7) is 1.58. The molecule has 1 aliphatic rings. The van der Waals surface area contributed by atoms with Crippen LogP contribution in [0, 0.1) is 0 Å². The third kappa shape index (κ3) is 4.84. The maximum absolute atomic E-state index is 12.6. The molecular weight excluding hydrogens is 442 g/mol. The monoisotopic (exact) mass is 469 g/mol. The number of nitrogens with zero attached hydrogens (tertiary/aromatic N) is 2. The van der Waals surface area contributed by atoms with Crippen molar-refractivity contribution < 1.29 is 19.0 Å². The summed E-state index contributed by atoms with van der Waals surface area (Å²) in [5.41, 5.74) is 4.01. The third-order valence-corrected chi connectivity index (χ3v) is 6.16. The quantitative estimate of drug-likeness (QED) is 0.418. The van der Waals surface area contributed by atoms with Crippen LogP contribution in [0.4, 0.5) is 11.5 Å². The van der Waals surface area contributed by atoms with Crippen molar-refractivity contribution in [3.05, 3.63) is 83.9 Å². The van der Waals surface area contributed by atoms with E-state index in [1.54, 1.807) is 32.4 Å². The molecule has 0 radical (unpaired) electrons. The van der Waals surface area contributed by atoms with Crippen molar-refractivity contribution in [2.75, 3.05) is 37.6 Å². The molecule has 0 fully saturated rings. The molecule has 0 bridgehead atoms. The maximum atomic E-state index is 12.6. The van der Waals surface area contributed by atoms with E-state index in [1.807, 2.05) is 30.3 Å². The molecule has 1 N–H and O–H groups in total. The number of anilines is 2. The van der Waals surface area contributed by atoms with E-state index in [4.69, 9.17) is 19.2 Å². The summed E-state index contributed by atoms with van der Waals surface area (Å²) in [6, 6.07) is 23.6. The molecule has 35 heavy (non-hydrogen) atoms. The number of benzene rings is 3. The minimum Gasteiger partial charge on any atom is -0.497 e. The number of hydrogen-bond acceptors (Lipinski definition) is 6. The summed E-state index contributed by atoms with van der Waals surface area (Å²) in [5.74, 6) is 2.33. The number of aromatic nitrogens is 1. The van der Waals surface area contributed by atoms with Gasteiger partial charge in [0.15, 0.2) is 6.61 Å². The van der Waals surface area contributed by atoms with E-state index in [2.05, 4.69) is 34.5 Å². The van der Waals surface area contributed by atoms with Crippen molar-refractivity contribution in [3.8, 4) is 17.2 Å². The number of pyridine rings is 1. The van der Waals surface area contributed by atoms with Crippen LogP contribution in [-0.2, 0) is 17.8 Å². The molecule has 5 rings (SSSR count). The van der Waals surface area contributed by atoms with Crippen LogP contribution in [0.3, 0.4) is 0 Å². The topological polar surface area (TPSA) is 72.9 Å². The highest BCUT2D eigenvalue weighted by Crippen LogP contribution is 2.30. The molecule has 2 heterocycles. The number of carbonyl (C=O) groups is 1. The molecule has 0 aliphatic carbocycles. The van der Waals surface area contributed by atoms with E-state index < -0.39 is 0 Å². The van der Waals surface area contributed by atoms with Crippen LogP contribution in [0.1, 0.15) is 11.1 Å². The predicted octanol–water partition coefficient (Wildman–Crippen LogP) is 4.83. The van der Waals surface area contributed by atoms with Gasteiger partial charge in [-0.1, -0.05) is 36.4 Å². The first kappa shape index (κ1) is 22.5. The Kier molecular flexibility index (Phi) is 6.39. The van der Waals surface area contributed by atoms with Crippen LogP contribution in [0.25, 0.3) is 10.9 Å². The van der Waals surface area contributed by atoms with Crippen LogP contribution >= 0.6 is 0 Å². The fraction of sp³-hybridized carbons (Fsp3) is 0.214. The number of para-hydroxylation sites is 1. The van der Waals surface area contributed by atoms with E-state index in [0.717, 1.165) is 36.2 Å². The van der Waals surface area contributed by atoms with Crippen molar-refractivity contribution in [2.24, 2.45) is 0 Å². The molecule has 7 heteroatoms. The zero-order valence-electron chi connectivity index (χ0n) is 19.8. The fourth-order valence-corrected chi connectivity index (χ4v) is 4.32. The summed E-state index contributed by atoms with van der Waals surface area (Å²) in [5, 5.41) is 3.79. The van der Waals surface area contributed by atoms with Gasteiger partial charge in [-0.25, -0.2) is 4.98 Å². The molecule has 4 aromatic rings. The Morgan fingerprint density at radius 1 is 0.943 bits per heavy atom. The normalized spacial score (nSPS) is 12.7. The predicted molar refractivity (Wildman–Crippen MR) is 137 cm³/mol. The number of nitrogens with one attached hydrogen (secondary N) is 1. The summed E-state index contributed by atoms with van der Waals surface area (Å²) in [6.07, 6.45) is 0.989. The Morgan fingerprint density at radius 2 is 1.80 bits per heavy atom. The number of amides is 1. The van der Waals surface area contributed by atoms with Gasteiger partial charge in [0, 0.05) is 24.5 Å². The molecule has 7 nitrogen and oxygen atoms in total. The van der Waals surface area contributed by atoms with Gasteiger partial charge in [-0.05, 0) is 47.9 Å². The minimum atomic E-state index is -0.297. The van der Waals surface area contributed by atoms with Gasteiger partial charge >= 0.3 is 0 Å². The van der Waals surface area contributed by atoms with Crippen molar-refractivity contribution >= 4 is 28.3 Å². The third-order valence-electron chi connectivity index (χ3n) is 6.16. The molecule has 0 atom stereocenters. The lowest BCUT2D eigenvalue weighted by atomic mass is 10.00. The van der Waals surface area contributed by atoms with Gasteiger partial charge in [0.2, 0.25) is 0 Å². The number of carbonyl (C=O) groups excluding carboxylic acids is 1. The van der Waals surface area contributed by atoms with Gasteiger partial charge < -0.3 is 24.4 Å². The number of methoxy groups -OCH3 is 2. The lowest BCUT2D eigenvalue weighted by molar-refractivity contribution is -0.118. The first-order valence-electron chi connectivity index (χ1n) is 11.5. The molecule has 0 spiro atoms. The van der Waals surface area contributed by atoms with Crippen LogP contribution in [0.5, 0.6) is 17.2 Å². The summed E-state index contributed by atoms with van der Waals surface area (Å²) < 4.78 is 16.5. The van der Waals surface area contributed by atoms with Crippen LogP contribution < -0.4 is 24.4 Å². The molecular formula is C28H27N3O4. The van der Waals surface area contributed by atoms with Crippen molar-refractivity contribution in [3.63, 3.8) is 0 Å². The molecule has 178 valence electrons. The second-order valence-electron chi connectivity index (χ2n) is 8.34. The van der Waals surface area contributed by atoms with Crippen LogP contribution in [0.15, 0.2) is 72.8 Å². The van der Waals surface area contributed by atoms with Gasteiger partial charge in [0.1, 0.15) is 28.6 Å². The highest BCUT2D eigenvalue weighted by Gasteiger charge is 2.18. The van der Waals surface area contributed by atoms with Crippen LogP contribution in [-0.4, -0.2) is 38.3 Å². The number of ether oxygens (including phenoxy) is 3. The van der Waals surface area contributed by atoms with Gasteiger partial charge in [-0.2, -0.15) is 0 Å². The van der Waals surface area contributed by atoms with E-state index in [9.17, 15) is 4.79 Å². The number of fused-ring (bicyclic) bond motifs is 2.